The normalized spacial score (nSPS) is 20.0. The number of rotatable bonds is 3. The Bertz CT molecular complexity index is 722. The molecule has 2 heterocycles. The highest BCUT2D eigenvalue weighted by Crippen LogP contribution is 2.31. The van der Waals surface area contributed by atoms with E-state index in [1.54, 1.807) is 21.3 Å². The number of hydrogen-bond donors (Lipinski definition) is 0. The fourth-order valence-corrected chi connectivity index (χ4v) is 5.08. The summed E-state index contributed by atoms with van der Waals surface area (Å²) in [5, 5.41) is 0. The maximum Gasteiger partial charge on any atom is 0.243 e. The number of hydrogen-bond acceptors (Lipinski definition) is 3. The predicted molar refractivity (Wildman–Crippen MR) is 94.6 cm³/mol. The minimum absolute atomic E-state index is 0.0941. The standard InChI is InChI=1S/C18H26N2O3S/c1-3-18(21)20-10-4-5-15-13-16(6-7-17(15)20)24(22,23)19-11-8-14(2)9-12-19/h6-7,13-14H,3-5,8-12H2,1-2H3. The second-order valence-electron chi connectivity index (χ2n) is 6.88. The van der Waals surface area contributed by atoms with E-state index >= 15 is 0 Å². The first-order valence-corrected chi connectivity index (χ1v) is 10.3. The van der Waals surface area contributed by atoms with Crippen molar-refractivity contribution in [2.45, 2.75) is 50.8 Å². The van der Waals surface area contributed by atoms with Gasteiger partial charge in [-0.05, 0) is 55.4 Å². The van der Waals surface area contributed by atoms with Crippen LogP contribution in [0, 0.1) is 5.92 Å². The average Bonchev–Trinajstić information content (AvgIpc) is 2.60. The molecule has 2 aliphatic heterocycles. The van der Waals surface area contributed by atoms with Crippen LogP contribution >= 0.6 is 0 Å². The summed E-state index contributed by atoms with van der Waals surface area (Å²) >= 11 is 0. The maximum absolute atomic E-state index is 12.9. The highest BCUT2D eigenvalue weighted by Gasteiger charge is 2.30. The third-order valence-electron chi connectivity index (χ3n) is 5.15. The van der Waals surface area contributed by atoms with Gasteiger partial charge in [-0.15, -0.1) is 0 Å². The monoisotopic (exact) mass is 350 g/mol. The van der Waals surface area contributed by atoms with Gasteiger partial charge in [0.2, 0.25) is 15.9 Å². The lowest BCUT2D eigenvalue weighted by molar-refractivity contribution is -0.118. The molecule has 0 saturated carbocycles. The van der Waals surface area contributed by atoms with Gasteiger partial charge in [-0.1, -0.05) is 13.8 Å². The molecule has 5 nitrogen and oxygen atoms in total. The van der Waals surface area contributed by atoms with Crippen molar-refractivity contribution >= 4 is 21.6 Å². The first kappa shape index (κ1) is 17.4. The van der Waals surface area contributed by atoms with Gasteiger partial charge in [0.1, 0.15) is 0 Å². The zero-order valence-electron chi connectivity index (χ0n) is 14.5. The molecule has 0 radical (unpaired) electrons. The molecule has 1 amide bonds. The molecule has 1 saturated heterocycles. The molecule has 0 atom stereocenters. The summed E-state index contributed by atoms with van der Waals surface area (Å²) in [4.78, 5) is 14.2. The Hall–Kier alpha value is -1.40. The van der Waals surface area contributed by atoms with Gasteiger partial charge in [0.25, 0.3) is 0 Å². The molecule has 2 aliphatic rings. The maximum atomic E-state index is 12.9. The van der Waals surface area contributed by atoms with Crippen molar-refractivity contribution in [3.05, 3.63) is 23.8 Å². The molecular formula is C18H26N2O3S. The highest BCUT2D eigenvalue weighted by molar-refractivity contribution is 7.89. The second kappa shape index (κ2) is 6.84. The van der Waals surface area contributed by atoms with E-state index in [0.29, 0.717) is 30.3 Å². The summed E-state index contributed by atoms with van der Waals surface area (Å²) in [7, 11) is -3.43. The fraction of sp³-hybridized carbons (Fsp3) is 0.611. The molecule has 0 N–H and O–H groups in total. The van der Waals surface area contributed by atoms with Crippen LogP contribution in [-0.4, -0.2) is 38.3 Å². The van der Waals surface area contributed by atoms with Gasteiger partial charge in [-0.25, -0.2) is 8.42 Å². The highest BCUT2D eigenvalue weighted by atomic mass is 32.2. The Morgan fingerprint density at radius 1 is 1.21 bits per heavy atom. The number of carbonyl (C=O) groups excluding carboxylic acids is 1. The van der Waals surface area contributed by atoms with E-state index < -0.39 is 10.0 Å². The molecule has 1 aromatic rings. The second-order valence-corrected chi connectivity index (χ2v) is 8.82. The van der Waals surface area contributed by atoms with E-state index in [1.807, 2.05) is 13.0 Å². The van der Waals surface area contributed by atoms with Crippen molar-refractivity contribution in [2.75, 3.05) is 24.5 Å². The zero-order chi connectivity index (χ0) is 17.3. The molecule has 132 valence electrons. The first-order chi connectivity index (χ1) is 11.4. The summed E-state index contributed by atoms with van der Waals surface area (Å²) in [6.45, 7) is 5.94. The van der Waals surface area contributed by atoms with Crippen LogP contribution in [0.1, 0.15) is 45.1 Å². The van der Waals surface area contributed by atoms with Crippen molar-refractivity contribution in [3.63, 3.8) is 0 Å². The van der Waals surface area contributed by atoms with E-state index in [1.165, 1.54) is 0 Å². The number of amides is 1. The minimum atomic E-state index is -3.43. The lowest BCUT2D eigenvalue weighted by Gasteiger charge is -2.31. The number of carbonyl (C=O) groups is 1. The SMILES string of the molecule is CCC(=O)N1CCCc2cc(S(=O)(=O)N3CCC(C)CC3)ccc21. The number of aryl methyl sites for hydroxylation is 1. The minimum Gasteiger partial charge on any atom is -0.312 e. The number of piperidine rings is 1. The predicted octanol–water partition coefficient (Wildman–Crippen LogP) is 2.80. The Morgan fingerprint density at radius 2 is 1.92 bits per heavy atom. The van der Waals surface area contributed by atoms with E-state index in [-0.39, 0.29) is 5.91 Å². The first-order valence-electron chi connectivity index (χ1n) is 8.87. The fourth-order valence-electron chi connectivity index (χ4n) is 3.56. The van der Waals surface area contributed by atoms with Gasteiger partial charge in [0.05, 0.1) is 4.90 Å². The molecule has 1 aromatic carbocycles. The smallest absolute Gasteiger partial charge is 0.243 e. The van der Waals surface area contributed by atoms with Gasteiger partial charge >= 0.3 is 0 Å². The lowest BCUT2D eigenvalue weighted by atomic mass is 10.0. The van der Waals surface area contributed by atoms with E-state index in [2.05, 4.69) is 6.92 Å². The van der Waals surface area contributed by atoms with Crippen LogP contribution < -0.4 is 4.90 Å². The lowest BCUT2D eigenvalue weighted by Crippen LogP contribution is -2.38. The Morgan fingerprint density at radius 3 is 2.58 bits per heavy atom. The van der Waals surface area contributed by atoms with Gasteiger partial charge in [-0.2, -0.15) is 4.31 Å². The average molecular weight is 350 g/mol. The number of anilines is 1. The number of nitrogens with zero attached hydrogens (tertiary/aromatic N) is 2. The molecule has 3 rings (SSSR count). The van der Waals surface area contributed by atoms with Crippen LogP contribution in [0.3, 0.4) is 0 Å². The molecule has 0 spiro atoms. The quantitative estimate of drug-likeness (QED) is 0.842. The van der Waals surface area contributed by atoms with Gasteiger partial charge < -0.3 is 4.90 Å². The molecule has 1 fully saturated rings. The Labute approximate surface area is 144 Å². The van der Waals surface area contributed by atoms with Crippen LogP contribution in [0.25, 0.3) is 0 Å². The van der Waals surface area contributed by atoms with Crippen molar-refractivity contribution in [2.24, 2.45) is 5.92 Å². The third-order valence-corrected chi connectivity index (χ3v) is 7.05. The van der Waals surface area contributed by atoms with Gasteiger partial charge in [0.15, 0.2) is 0 Å². The summed E-state index contributed by atoms with van der Waals surface area (Å²) in [5.74, 6) is 0.685. The third kappa shape index (κ3) is 3.22. The molecule has 0 bridgehead atoms. The zero-order valence-corrected chi connectivity index (χ0v) is 15.3. The van der Waals surface area contributed by atoms with E-state index in [9.17, 15) is 13.2 Å². The van der Waals surface area contributed by atoms with Crippen molar-refractivity contribution < 1.29 is 13.2 Å². The van der Waals surface area contributed by atoms with Crippen LogP contribution in [0.2, 0.25) is 0 Å². The number of fused-ring (bicyclic) bond motifs is 1. The molecule has 24 heavy (non-hydrogen) atoms. The topological polar surface area (TPSA) is 57.7 Å². The molecule has 0 aliphatic carbocycles. The number of benzene rings is 1. The summed E-state index contributed by atoms with van der Waals surface area (Å²) in [6, 6.07) is 5.24. The molecule has 6 heteroatoms. The Balaban J connectivity index is 1.89. The molecular weight excluding hydrogens is 324 g/mol. The van der Waals surface area contributed by atoms with E-state index in [4.69, 9.17) is 0 Å². The van der Waals surface area contributed by atoms with Gasteiger partial charge in [-0.3, -0.25) is 4.79 Å². The van der Waals surface area contributed by atoms with E-state index in [0.717, 1.165) is 43.5 Å². The number of sulfonamides is 1. The van der Waals surface area contributed by atoms with Crippen LogP contribution in [0.4, 0.5) is 5.69 Å². The van der Waals surface area contributed by atoms with Crippen molar-refractivity contribution in [1.82, 2.24) is 4.31 Å². The summed E-state index contributed by atoms with van der Waals surface area (Å²) in [5.41, 5.74) is 1.84. The van der Waals surface area contributed by atoms with Crippen LogP contribution in [0.5, 0.6) is 0 Å². The summed E-state index contributed by atoms with van der Waals surface area (Å²) < 4.78 is 27.4. The van der Waals surface area contributed by atoms with Gasteiger partial charge in [0, 0.05) is 31.7 Å². The van der Waals surface area contributed by atoms with Crippen LogP contribution in [-0.2, 0) is 21.2 Å². The molecule has 0 aromatic heterocycles. The molecule has 0 unspecified atom stereocenters. The van der Waals surface area contributed by atoms with Crippen molar-refractivity contribution in [1.29, 1.82) is 0 Å². The largest absolute Gasteiger partial charge is 0.312 e. The Kier molecular flexibility index (Phi) is 4.97. The van der Waals surface area contributed by atoms with Crippen molar-refractivity contribution in [3.8, 4) is 0 Å². The van der Waals surface area contributed by atoms with Crippen LogP contribution in [0.15, 0.2) is 23.1 Å². The summed E-state index contributed by atoms with van der Waals surface area (Å²) in [6.07, 6.45) is 4.00.